The molecule has 0 aliphatic carbocycles. The molecule has 4 heteroatoms. The van der Waals surface area contributed by atoms with Gasteiger partial charge in [-0.05, 0) is 36.8 Å². The van der Waals surface area contributed by atoms with Crippen LogP contribution in [0.25, 0.3) is 0 Å². The van der Waals surface area contributed by atoms with Crippen molar-refractivity contribution in [2.75, 3.05) is 6.61 Å². The van der Waals surface area contributed by atoms with Crippen molar-refractivity contribution < 1.29 is 14.3 Å². The summed E-state index contributed by atoms with van der Waals surface area (Å²) >= 11 is 0. The maximum atomic E-state index is 11.1. The highest BCUT2D eigenvalue weighted by Gasteiger charge is 2.10. The SMILES string of the molecule is CCOc1cccc(C=O)c1OCc1ccc(C#N)cc1. The van der Waals surface area contributed by atoms with Crippen molar-refractivity contribution in [1.82, 2.24) is 0 Å². The van der Waals surface area contributed by atoms with Gasteiger partial charge in [-0.25, -0.2) is 0 Å². The van der Waals surface area contributed by atoms with Crippen LogP contribution < -0.4 is 9.47 Å². The maximum Gasteiger partial charge on any atom is 0.172 e. The van der Waals surface area contributed by atoms with Crippen LogP contribution in [-0.2, 0) is 6.61 Å². The molecule has 0 aliphatic rings. The molecule has 0 aromatic heterocycles. The first-order chi connectivity index (χ1) is 10.3. The summed E-state index contributed by atoms with van der Waals surface area (Å²) < 4.78 is 11.2. The van der Waals surface area contributed by atoms with Crippen molar-refractivity contribution in [3.05, 3.63) is 59.2 Å². The fourth-order valence-corrected chi connectivity index (χ4v) is 1.88. The molecule has 0 bridgehead atoms. The summed E-state index contributed by atoms with van der Waals surface area (Å²) in [5.74, 6) is 0.995. The molecule has 2 aromatic carbocycles. The molecular formula is C17H15NO3. The quantitative estimate of drug-likeness (QED) is 0.762. The van der Waals surface area contributed by atoms with Crippen molar-refractivity contribution in [3.63, 3.8) is 0 Å². The molecule has 0 amide bonds. The lowest BCUT2D eigenvalue weighted by molar-refractivity contribution is 0.111. The Morgan fingerprint density at radius 3 is 2.52 bits per heavy atom. The number of ether oxygens (including phenoxy) is 2. The molecule has 0 spiro atoms. The molecule has 0 heterocycles. The third-order valence-corrected chi connectivity index (χ3v) is 2.90. The van der Waals surface area contributed by atoms with Crippen LogP contribution in [0.4, 0.5) is 0 Å². The van der Waals surface area contributed by atoms with E-state index < -0.39 is 0 Å². The Balaban J connectivity index is 2.18. The molecule has 0 aliphatic heterocycles. The molecule has 2 aromatic rings. The van der Waals surface area contributed by atoms with Crippen LogP contribution in [0.15, 0.2) is 42.5 Å². The molecule has 0 saturated carbocycles. The Hall–Kier alpha value is -2.80. The molecule has 0 saturated heterocycles. The van der Waals surface area contributed by atoms with Crippen LogP contribution in [0.5, 0.6) is 11.5 Å². The first kappa shape index (κ1) is 14.6. The van der Waals surface area contributed by atoms with E-state index >= 15 is 0 Å². The Morgan fingerprint density at radius 1 is 1.14 bits per heavy atom. The molecule has 0 radical (unpaired) electrons. The number of para-hydroxylation sites is 1. The summed E-state index contributed by atoms with van der Waals surface area (Å²) in [4.78, 5) is 11.1. The van der Waals surface area contributed by atoms with Crippen molar-refractivity contribution in [3.8, 4) is 17.6 Å². The molecule has 0 N–H and O–H groups in total. The standard InChI is InChI=1S/C17H15NO3/c1-2-20-16-5-3-4-15(11-19)17(16)21-12-14-8-6-13(10-18)7-9-14/h3-9,11H,2,12H2,1H3. The fraction of sp³-hybridized carbons (Fsp3) is 0.176. The zero-order chi connectivity index (χ0) is 15.1. The number of nitriles is 1. The highest BCUT2D eigenvalue weighted by Crippen LogP contribution is 2.31. The van der Waals surface area contributed by atoms with Crippen molar-refractivity contribution in [2.45, 2.75) is 13.5 Å². The van der Waals surface area contributed by atoms with E-state index in [2.05, 4.69) is 6.07 Å². The minimum atomic E-state index is 0.302. The number of carbonyl (C=O) groups is 1. The number of aldehydes is 1. The molecular weight excluding hydrogens is 266 g/mol. The van der Waals surface area contributed by atoms with Gasteiger partial charge in [0.15, 0.2) is 17.8 Å². The van der Waals surface area contributed by atoms with Crippen LogP contribution in [-0.4, -0.2) is 12.9 Å². The van der Waals surface area contributed by atoms with Crippen molar-refractivity contribution in [2.24, 2.45) is 0 Å². The summed E-state index contributed by atoms with van der Waals surface area (Å²) in [5.41, 5.74) is 1.97. The first-order valence-electron chi connectivity index (χ1n) is 6.61. The van der Waals surface area contributed by atoms with Gasteiger partial charge in [0, 0.05) is 0 Å². The topological polar surface area (TPSA) is 59.3 Å². The zero-order valence-electron chi connectivity index (χ0n) is 11.7. The molecule has 21 heavy (non-hydrogen) atoms. The number of benzene rings is 2. The second kappa shape index (κ2) is 7.11. The van der Waals surface area contributed by atoms with Gasteiger partial charge in [-0.15, -0.1) is 0 Å². The first-order valence-corrected chi connectivity index (χ1v) is 6.61. The monoisotopic (exact) mass is 281 g/mol. The molecule has 4 nitrogen and oxygen atoms in total. The smallest absolute Gasteiger partial charge is 0.172 e. The second-order valence-electron chi connectivity index (χ2n) is 4.32. The van der Waals surface area contributed by atoms with Gasteiger partial charge in [-0.1, -0.05) is 18.2 Å². The Labute approximate surface area is 123 Å². The fourth-order valence-electron chi connectivity index (χ4n) is 1.88. The minimum absolute atomic E-state index is 0.302. The number of hydrogen-bond acceptors (Lipinski definition) is 4. The van der Waals surface area contributed by atoms with Gasteiger partial charge < -0.3 is 9.47 Å². The van der Waals surface area contributed by atoms with Crippen LogP contribution in [0.3, 0.4) is 0 Å². The van der Waals surface area contributed by atoms with Gasteiger partial charge in [0.2, 0.25) is 0 Å². The number of hydrogen-bond donors (Lipinski definition) is 0. The lowest BCUT2D eigenvalue weighted by Crippen LogP contribution is -2.02. The molecule has 0 fully saturated rings. The van der Waals surface area contributed by atoms with E-state index in [0.29, 0.717) is 35.8 Å². The average Bonchev–Trinajstić information content (AvgIpc) is 2.54. The summed E-state index contributed by atoms with van der Waals surface area (Å²) in [5, 5.41) is 8.76. The van der Waals surface area contributed by atoms with Gasteiger partial charge >= 0.3 is 0 Å². The van der Waals surface area contributed by atoms with Gasteiger partial charge in [0.05, 0.1) is 23.8 Å². The maximum absolute atomic E-state index is 11.1. The van der Waals surface area contributed by atoms with Gasteiger partial charge in [-0.3, -0.25) is 4.79 Å². The summed E-state index contributed by atoms with van der Waals surface area (Å²) in [6, 6.07) is 14.4. The number of nitrogens with zero attached hydrogens (tertiary/aromatic N) is 1. The van der Waals surface area contributed by atoms with E-state index in [1.807, 2.05) is 19.1 Å². The van der Waals surface area contributed by atoms with Crippen LogP contribution >= 0.6 is 0 Å². The summed E-state index contributed by atoms with van der Waals surface area (Å²) in [6.45, 7) is 2.67. The van der Waals surface area contributed by atoms with E-state index in [4.69, 9.17) is 14.7 Å². The van der Waals surface area contributed by atoms with Gasteiger partial charge in [0.25, 0.3) is 0 Å². The lowest BCUT2D eigenvalue weighted by atomic mass is 10.1. The molecule has 0 unspecified atom stereocenters. The third kappa shape index (κ3) is 3.61. The molecule has 2 rings (SSSR count). The van der Waals surface area contributed by atoms with E-state index in [1.165, 1.54) is 0 Å². The predicted molar refractivity (Wildman–Crippen MR) is 78.5 cm³/mol. The highest BCUT2D eigenvalue weighted by molar-refractivity contribution is 5.81. The van der Waals surface area contributed by atoms with E-state index in [-0.39, 0.29) is 0 Å². The number of rotatable bonds is 6. The third-order valence-electron chi connectivity index (χ3n) is 2.90. The summed E-state index contributed by atoms with van der Waals surface area (Å²) in [6.07, 6.45) is 0.747. The second-order valence-corrected chi connectivity index (χ2v) is 4.32. The normalized spacial score (nSPS) is 9.71. The highest BCUT2D eigenvalue weighted by atomic mass is 16.5. The van der Waals surface area contributed by atoms with E-state index in [1.54, 1.807) is 30.3 Å². The van der Waals surface area contributed by atoms with Crippen molar-refractivity contribution >= 4 is 6.29 Å². The van der Waals surface area contributed by atoms with Crippen LogP contribution in [0.1, 0.15) is 28.4 Å². The van der Waals surface area contributed by atoms with E-state index in [0.717, 1.165) is 11.8 Å². The van der Waals surface area contributed by atoms with Crippen molar-refractivity contribution in [1.29, 1.82) is 5.26 Å². The Kier molecular flexibility index (Phi) is 4.94. The lowest BCUT2D eigenvalue weighted by Gasteiger charge is -2.13. The van der Waals surface area contributed by atoms with Gasteiger partial charge in [0.1, 0.15) is 6.61 Å². The minimum Gasteiger partial charge on any atom is -0.490 e. The van der Waals surface area contributed by atoms with E-state index in [9.17, 15) is 4.79 Å². The largest absolute Gasteiger partial charge is 0.490 e. The Morgan fingerprint density at radius 2 is 1.90 bits per heavy atom. The van der Waals surface area contributed by atoms with Crippen LogP contribution in [0, 0.1) is 11.3 Å². The predicted octanol–water partition coefficient (Wildman–Crippen LogP) is 3.35. The summed E-state index contributed by atoms with van der Waals surface area (Å²) in [7, 11) is 0. The number of carbonyl (C=O) groups excluding carboxylic acids is 1. The average molecular weight is 281 g/mol. The van der Waals surface area contributed by atoms with Gasteiger partial charge in [-0.2, -0.15) is 5.26 Å². The Bertz CT molecular complexity index is 657. The zero-order valence-corrected chi connectivity index (χ0v) is 11.7. The van der Waals surface area contributed by atoms with Crippen LogP contribution in [0.2, 0.25) is 0 Å². The molecule has 0 atom stereocenters. The molecule has 106 valence electrons.